The number of carbonyl (C=O) groups excluding carboxylic acids is 2. The van der Waals surface area contributed by atoms with Crippen LogP contribution < -0.4 is 10.6 Å². The normalized spacial score (nSPS) is 13.1. The second kappa shape index (κ2) is 9.74. The highest BCUT2D eigenvalue weighted by molar-refractivity contribution is 6.42. The molecule has 2 aromatic rings. The van der Waals surface area contributed by atoms with Gasteiger partial charge in [-0.2, -0.15) is 0 Å². The molecule has 144 valence electrons. The molecule has 0 unspecified atom stereocenters. The van der Waals surface area contributed by atoms with E-state index in [1.165, 1.54) is 0 Å². The molecule has 7 heteroatoms. The first-order valence-corrected chi connectivity index (χ1v) is 9.34. The predicted octanol–water partition coefficient (Wildman–Crippen LogP) is 4.13. The number of amides is 2. The van der Waals surface area contributed by atoms with E-state index in [0.717, 1.165) is 5.56 Å². The van der Waals surface area contributed by atoms with Gasteiger partial charge in [0, 0.05) is 5.69 Å². The quantitative estimate of drug-likeness (QED) is 0.724. The fourth-order valence-corrected chi connectivity index (χ4v) is 2.80. The molecule has 0 fully saturated rings. The number of halogens is 2. The highest BCUT2D eigenvalue weighted by Gasteiger charge is 2.22. The van der Waals surface area contributed by atoms with Gasteiger partial charge < -0.3 is 10.6 Å². The first-order chi connectivity index (χ1) is 12.8. The summed E-state index contributed by atoms with van der Waals surface area (Å²) in [7, 11) is 1.73. The van der Waals surface area contributed by atoms with Crippen molar-refractivity contribution in [3.8, 4) is 0 Å². The number of anilines is 1. The van der Waals surface area contributed by atoms with E-state index in [9.17, 15) is 9.59 Å². The minimum Gasteiger partial charge on any atom is -0.348 e. The SMILES string of the molecule is C[C@H](NC(=O)[C@@H](C)N(C)CC(=O)Nc1ccc(Cl)c(Cl)c1)c1ccccc1. The number of nitrogens with one attached hydrogen (secondary N) is 2. The summed E-state index contributed by atoms with van der Waals surface area (Å²) in [5.74, 6) is -0.386. The zero-order chi connectivity index (χ0) is 20.0. The lowest BCUT2D eigenvalue weighted by molar-refractivity contribution is -0.127. The number of rotatable bonds is 7. The van der Waals surface area contributed by atoms with Crippen LogP contribution in [0.5, 0.6) is 0 Å². The third-order valence-electron chi connectivity index (χ3n) is 4.30. The summed E-state index contributed by atoms with van der Waals surface area (Å²) >= 11 is 11.8. The van der Waals surface area contributed by atoms with Crippen molar-refractivity contribution in [3.63, 3.8) is 0 Å². The van der Waals surface area contributed by atoms with E-state index in [1.54, 1.807) is 37.1 Å². The Morgan fingerprint density at radius 2 is 1.70 bits per heavy atom. The third-order valence-corrected chi connectivity index (χ3v) is 5.03. The molecule has 2 N–H and O–H groups in total. The van der Waals surface area contributed by atoms with Crippen LogP contribution >= 0.6 is 23.2 Å². The largest absolute Gasteiger partial charge is 0.348 e. The van der Waals surface area contributed by atoms with Crippen molar-refractivity contribution in [3.05, 3.63) is 64.1 Å². The summed E-state index contributed by atoms with van der Waals surface area (Å²) in [5, 5.41) is 6.50. The summed E-state index contributed by atoms with van der Waals surface area (Å²) < 4.78 is 0. The van der Waals surface area contributed by atoms with Crippen molar-refractivity contribution in [2.45, 2.75) is 25.9 Å². The van der Waals surface area contributed by atoms with Gasteiger partial charge in [0.2, 0.25) is 11.8 Å². The van der Waals surface area contributed by atoms with Gasteiger partial charge in [0.15, 0.2) is 0 Å². The maximum absolute atomic E-state index is 12.5. The maximum Gasteiger partial charge on any atom is 0.238 e. The van der Waals surface area contributed by atoms with Crippen molar-refractivity contribution < 1.29 is 9.59 Å². The molecule has 27 heavy (non-hydrogen) atoms. The number of benzene rings is 2. The highest BCUT2D eigenvalue weighted by Crippen LogP contribution is 2.25. The van der Waals surface area contributed by atoms with Crippen LogP contribution in [0.1, 0.15) is 25.5 Å². The van der Waals surface area contributed by atoms with Crippen LogP contribution in [0.3, 0.4) is 0 Å². The predicted molar refractivity (Wildman–Crippen MR) is 110 cm³/mol. The second-order valence-electron chi connectivity index (χ2n) is 6.41. The van der Waals surface area contributed by atoms with E-state index in [2.05, 4.69) is 10.6 Å². The van der Waals surface area contributed by atoms with Gasteiger partial charge in [0.25, 0.3) is 0 Å². The molecule has 5 nitrogen and oxygen atoms in total. The van der Waals surface area contributed by atoms with Gasteiger partial charge in [0.05, 0.1) is 28.7 Å². The fourth-order valence-electron chi connectivity index (χ4n) is 2.50. The minimum atomic E-state index is -0.462. The molecule has 0 bridgehead atoms. The zero-order valence-electron chi connectivity index (χ0n) is 15.5. The summed E-state index contributed by atoms with van der Waals surface area (Å²) in [6.45, 7) is 3.75. The third kappa shape index (κ3) is 6.24. The number of nitrogens with zero attached hydrogens (tertiary/aromatic N) is 1. The smallest absolute Gasteiger partial charge is 0.238 e. The van der Waals surface area contributed by atoms with Crippen LogP contribution in [0, 0.1) is 0 Å². The van der Waals surface area contributed by atoms with Crippen LogP contribution in [0.25, 0.3) is 0 Å². The standard InChI is InChI=1S/C20H23Cl2N3O2/c1-13(15-7-5-4-6-8-15)23-20(27)14(2)25(3)12-19(26)24-16-9-10-17(21)18(22)11-16/h4-11,13-14H,12H2,1-3H3,(H,23,27)(H,24,26)/t13-,14+/m0/s1. The van der Waals surface area contributed by atoms with Gasteiger partial charge >= 0.3 is 0 Å². The zero-order valence-corrected chi connectivity index (χ0v) is 17.0. The Morgan fingerprint density at radius 3 is 2.33 bits per heavy atom. The van der Waals surface area contributed by atoms with Gasteiger partial charge in [-0.1, -0.05) is 53.5 Å². The minimum absolute atomic E-state index is 0.0640. The van der Waals surface area contributed by atoms with Crippen LogP contribution in [0.2, 0.25) is 10.0 Å². The van der Waals surface area contributed by atoms with E-state index in [1.807, 2.05) is 37.3 Å². The van der Waals surface area contributed by atoms with Gasteiger partial charge in [-0.25, -0.2) is 0 Å². The Balaban J connectivity index is 1.88. The number of likely N-dealkylation sites (N-methyl/N-ethyl adjacent to an activating group) is 1. The van der Waals surface area contributed by atoms with Crippen LogP contribution in [0.15, 0.2) is 48.5 Å². The molecule has 2 amide bonds. The molecule has 0 spiro atoms. The van der Waals surface area contributed by atoms with Gasteiger partial charge in [-0.05, 0) is 44.7 Å². The molecule has 0 aromatic heterocycles. The molecule has 0 aliphatic heterocycles. The lowest BCUT2D eigenvalue weighted by Crippen LogP contribution is -2.46. The van der Waals surface area contributed by atoms with E-state index >= 15 is 0 Å². The fraction of sp³-hybridized carbons (Fsp3) is 0.300. The number of hydrogen-bond acceptors (Lipinski definition) is 3. The van der Waals surface area contributed by atoms with Crippen molar-refractivity contribution in [2.24, 2.45) is 0 Å². The molecule has 0 heterocycles. The summed E-state index contributed by atoms with van der Waals surface area (Å²) in [5.41, 5.74) is 1.58. The Hall–Kier alpha value is -2.08. The lowest BCUT2D eigenvalue weighted by Gasteiger charge is -2.25. The monoisotopic (exact) mass is 407 g/mol. The molecule has 0 aliphatic rings. The average Bonchev–Trinajstić information content (AvgIpc) is 2.64. The summed E-state index contributed by atoms with van der Waals surface area (Å²) in [6, 6.07) is 14.0. The molecule has 2 rings (SSSR count). The Bertz CT molecular complexity index is 799. The molecule has 2 aromatic carbocycles. The Morgan fingerprint density at radius 1 is 1.04 bits per heavy atom. The van der Waals surface area contributed by atoms with Crippen LogP contribution in [-0.2, 0) is 9.59 Å². The van der Waals surface area contributed by atoms with Crippen molar-refractivity contribution in [2.75, 3.05) is 18.9 Å². The van der Waals surface area contributed by atoms with Crippen LogP contribution in [0.4, 0.5) is 5.69 Å². The molecular formula is C20H23Cl2N3O2. The molecule has 0 saturated heterocycles. The molecular weight excluding hydrogens is 385 g/mol. The van der Waals surface area contributed by atoms with Gasteiger partial charge in [-0.3, -0.25) is 14.5 Å². The Kier molecular flexibility index (Phi) is 7.66. The maximum atomic E-state index is 12.5. The molecule has 0 saturated carbocycles. The second-order valence-corrected chi connectivity index (χ2v) is 7.22. The van der Waals surface area contributed by atoms with Crippen molar-refractivity contribution in [1.82, 2.24) is 10.2 Å². The van der Waals surface area contributed by atoms with E-state index in [0.29, 0.717) is 15.7 Å². The molecule has 0 radical (unpaired) electrons. The van der Waals surface area contributed by atoms with E-state index in [-0.39, 0.29) is 24.4 Å². The lowest BCUT2D eigenvalue weighted by atomic mass is 10.1. The first kappa shape index (κ1) is 21.2. The summed E-state index contributed by atoms with van der Waals surface area (Å²) in [4.78, 5) is 26.4. The molecule has 2 atom stereocenters. The highest BCUT2D eigenvalue weighted by atomic mass is 35.5. The summed E-state index contributed by atoms with van der Waals surface area (Å²) in [6.07, 6.45) is 0. The van der Waals surface area contributed by atoms with Crippen molar-refractivity contribution >= 4 is 40.7 Å². The van der Waals surface area contributed by atoms with E-state index < -0.39 is 6.04 Å². The molecule has 0 aliphatic carbocycles. The van der Waals surface area contributed by atoms with Gasteiger partial charge in [-0.15, -0.1) is 0 Å². The van der Waals surface area contributed by atoms with E-state index in [4.69, 9.17) is 23.2 Å². The topological polar surface area (TPSA) is 61.4 Å². The van der Waals surface area contributed by atoms with Crippen LogP contribution in [-0.4, -0.2) is 36.3 Å². The number of carbonyl (C=O) groups is 2. The first-order valence-electron chi connectivity index (χ1n) is 8.58. The van der Waals surface area contributed by atoms with Gasteiger partial charge in [0.1, 0.15) is 0 Å². The average molecular weight is 408 g/mol. The Labute approximate surface area is 169 Å². The van der Waals surface area contributed by atoms with Crippen molar-refractivity contribution in [1.29, 1.82) is 0 Å². The number of hydrogen-bond donors (Lipinski definition) is 2.